The molecular weight excluding hydrogens is 142 g/mol. The summed E-state index contributed by atoms with van der Waals surface area (Å²) in [7, 11) is 0. The molecule has 0 unspecified atom stereocenters. The summed E-state index contributed by atoms with van der Waals surface area (Å²) in [6.07, 6.45) is 2.14. The quantitative estimate of drug-likeness (QED) is 0.593. The van der Waals surface area contributed by atoms with Crippen molar-refractivity contribution < 1.29 is 9.59 Å². The number of rotatable bonds is 5. The van der Waals surface area contributed by atoms with Gasteiger partial charge in [0.2, 0.25) is 5.91 Å². The summed E-state index contributed by atoms with van der Waals surface area (Å²) in [6.45, 7) is 5.50. The maximum atomic E-state index is 10.7. The van der Waals surface area contributed by atoms with Crippen LogP contribution < -0.4 is 5.32 Å². The largest absolute Gasteiger partial charge is 0.352 e. The van der Waals surface area contributed by atoms with Crippen molar-refractivity contribution in [3.63, 3.8) is 0 Å². The van der Waals surface area contributed by atoms with Crippen molar-refractivity contribution in [1.29, 1.82) is 0 Å². The fraction of sp³-hybridized carbons (Fsp3) is 0.500. The van der Waals surface area contributed by atoms with Gasteiger partial charge in [-0.15, -0.1) is 0 Å². The molecule has 0 aromatic carbocycles. The van der Waals surface area contributed by atoms with Crippen LogP contribution in [0.2, 0.25) is 0 Å². The van der Waals surface area contributed by atoms with Gasteiger partial charge in [0.05, 0.1) is 0 Å². The molecule has 1 N–H and O–H groups in total. The number of hydrogen-bond donors (Lipinski definition) is 1. The second kappa shape index (κ2) is 5.65. The lowest BCUT2D eigenvalue weighted by molar-refractivity contribution is -0.119. The molecule has 0 aliphatic rings. The molecule has 0 bridgehead atoms. The summed E-state index contributed by atoms with van der Waals surface area (Å²) in [5.74, 6) is -0.0664. The Balaban J connectivity index is 3.34. The second-order valence-corrected chi connectivity index (χ2v) is 2.14. The summed E-state index contributed by atoms with van der Waals surface area (Å²) < 4.78 is 0. The molecule has 0 aliphatic heterocycles. The van der Waals surface area contributed by atoms with Gasteiger partial charge < -0.3 is 5.32 Å². The molecule has 0 heterocycles. The molecule has 62 valence electrons. The number of carbonyl (C=O) groups is 2. The predicted molar refractivity (Wildman–Crippen MR) is 43.1 cm³/mol. The minimum atomic E-state index is -0.228. The molecular formula is C8H13NO2. The normalized spacial score (nSPS) is 8.82. The molecule has 0 rings (SSSR count). The monoisotopic (exact) mass is 155 g/mol. The highest BCUT2D eigenvalue weighted by molar-refractivity contribution is 5.87. The van der Waals surface area contributed by atoms with Crippen LogP contribution in [0.5, 0.6) is 0 Å². The fourth-order valence-electron chi connectivity index (χ4n) is 0.574. The zero-order valence-electron chi connectivity index (χ0n) is 6.72. The maximum Gasteiger partial charge on any atom is 0.243 e. The first-order valence-corrected chi connectivity index (χ1v) is 3.62. The lowest BCUT2D eigenvalue weighted by Crippen LogP contribution is -2.23. The van der Waals surface area contributed by atoms with Crippen molar-refractivity contribution in [2.24, 2.45) is 0 Å². The van der Waals surface area contributed by atoms with Gasteiger partial charge in [-0.25, -0.2) is 0 Å². The van der Waals surface area contributed by atoms with E-state index >= 15 is 0 Å². The van der Waals surface area contributed by atoms with E-state index in [1.807, 2.05) is 0 Å². The van der Waals surface area contributed by atoms with Gasteiger partial charge in [-0.3, -0.25) is 9.59 Å². The average molecular weight is 155 g/mol. The molecule has 0 aromatic rings. The summed E-state index contributed by atoms with van der Waals surface area (Å²) in [6, 6.07) is 0. The van der Waals surface area contributed by atoms with Crippen molar-refractivity contribution >= 4 is 11.7 Å². The van der Waals surface area contributed by atoms with Crippen LogP contribution in [0.3, 0.4) is 0 Å². The van der Waals surface area contributed by atoms with E-state index in [-0.39, 0.29) is 11.7 Å². The SMILES string of the molecule is C=CC(=O)NCCC(=O)CC. The zero-order chi connectivity index (χ0) is 8.69. The highest BCUT2D eigenvalue weighted by Crippen LogP contribution is 1.85. The van der Waals surface area contributed by atoms with Crippen LogP contribution in [0.15, 0.2) is 12.7 Å². The molecule has 0 atom stereocenters. The molecule has 0 saturated heterocycles. The Morgan fingerprint density at radius 3 is 2.64 bits per heavy atom. The van der Waals surface area contributed by atoms with Gasteiger partial charge in [0.1, 0.15) is 5.78 Å². The Kier molecular flexibility index (Phi) is 5.07. The van der Waals surface area contributed by atoms with Crippen LogP contribution >= 0.6 is 0 Å². The number of ketones is 1. The third kappa shape index (κ3) is 5.33. The van der Waals surface area contributed by atoms with Crippen LogP contribution in [-0.2, 0) is 9.59 Å². The van der Waals surface area contributed by atoms with Crippen LogP contribution in [-0.4, -0.2) is 18.2 Å². The van der Waals surface area contributed by atoms with Crippen molar-refractivity contribution in [1.82, 2.24) is 5.32 Å². The third-order valence-electron chi connectivity index (χ3n) is 1.28. The van der Waals surface area contributed by atoms with Crippen LogP contribution in [0.4, 0.5) is 0 Å². The minimum absolute atomic E-state index is 0.161. The van der Waals surface area contributed by atoms with E-state index in [0.717, 1.165) is 0 Å². The van der Waals surface area contributed by atoms with Gasteiger partial charge in [0.15, 0.2) is 0 Å². The molecule has 0 aromatic heterocycles. The fourth-order valence-corrected chi connectivity index (χ4v) is 0.574. The minimum Gasteiger partial charge on any atom is -0.352 e. The Hall–Kier alpha value is -1.12. The molecule has 0 aliphatic carbocycles. The van der Waals surface area contributed by atoms with Gasteiger partial charge in [-0.2, -0.15) is 0 Å². The Morgan fingerprint density at radius 1 is 1.55 bits per heavy atom. The first kappa shape index (κ1) is 9.88. The van der Waals surface area contributed by atoms with E-state index in [1.165, 1.54) is 6.08 Å². The molecule has 0 spiro atoms. The molecule has 0 radical (unpaired) electrons. The van der Waals surface area contributed by atoms with Gasteiger partial charge in [0, 0.05) is 19.4 Å². The second-order valence-electron chi connectivity index (χ2n) is 2.14. The molecule has 11 heavy (non-hydrogen) atoms. The number of Topliss-reactive ketones (excluding diaryl/α,β-unsaturated/α-hetero) is 1. The Bertz CT molecular complexity index is 163. The van der Waals surface area contributed by atoms with Crippen molar-refractivity contribution in [3.8, 4) is 0 Å². The van der Waals surface area contributed by atoms with Gasteiger partial charge in [-0.1, -0.05) is 13.5 Å². The highest BCUT2D eigenvalue weighted by atomic mass is 16.1. The van der Waals surface area contributed by atoms with Crippen LogP contribution in [0.1, 0.15) is 19.8 Å². The molecule has 0 saturated carbocycles. The number of amides is 1. The van der Waals surface area contributed by atoms with Crippen molar-refractivity contribution in [3.05, 3.63) is 12.7 Å². The van der Waals surface area contributed by atoms with Crippen molar-refractivity contribution in [2.45, 2.75) is 19.8 Å². The zero-order valence-corrected chi connectivity index (χ0v) is 6.72. The van der Waals surface area contributed by atoms with Gasteiger partial charge in [0.25, 0.3) is 0 Å². The van der Waals surface area contributed by atoms with E-state index in [1.54, 1.807) is 6.92 Å². The standard InChI is InChI=1S/C8H13NO2/c1-3-7(10)5-6-9-8(11)4-2/h4H,2-3,5-6H2,1H3,(H,9,11). The lowest BCUT2D eigenvalue weighted by Gasteiger charge is -1.98. The smallest absolute Gasteiger partial charge is 0.243 e. The number of carbonyl (C=O) groups excluding carboxylic acids is 2. The Labute approximate surface area is 66.5 Å². The predicted octanol–water partition coefficient (Wildman–Crippen LogP) is 0.658. The highest BCUT2D eigenvalue weighted by Gasteiger charge is 1.98. The molecule has 3 heteroatoms. The molecule has 0 fully saturated rings. The van der Waals surface area contributed by atoms with E-state index in [4.69, 9.17) is 0 Å². The maximum absolute atomic E-state index is 10.7. The van der Waals surface area contributed by atoms with Crippen LogP contribution in [0, 0.1) is 0 Å². The summed E-state index contributed by atoms with van der Waals surface area (Å²) in [4.78, 5) is 21.2. The van der Waals surface area contributed by atoms with E-state index in [2.05, 4.69) is 11.9 Å². The summed E-state index contributed by atoms with van der Waals surface area (Å²) >= 11 is 0. The topological polar surface area (TPSA) is 46.2 Å². The van der Waals surface area contributed by atoms with E-state index in [9.17, 15) is 9.59 Å². The first-order chi connectivity index (χ1) is 5.20. The number of hydrogen-bond acceptors (Lipinski definition) is 2. The summed E-state index contributed by atoms with van der Waals surface area (Å²) in [5, 5.41) is 2.52. The lowest BCUT2D eigenvalue weighted by atomic mass is 10.2. The van der Waals surface area contributed by atoms with Gasteiger partial charge in [-0.05, 0) is 6.08 Å². The molecule has 3 nitrogen and oxygen atoms in total. The molecule has 1 amide bonds. The third-order valence-corrected chi connectivity index (χ3v) is 1.28. The van der Waals surface area contributed by atoms with Crippen LogP contribution in [0.25, 0.3) is 0 Å². The number of nitrogens with one attached hydrogen (secondary N) is 1. The van der Waals surface area contributed by atoms with E-state index in [0.29, 0.717) is 19.4 Å². The van der Waals surface area contributed by atoms with Gasteiger partial charge >= 0.3 is 0 Å². The van der Waals surface area contributed by atoms with Crippen molar-refractivity contribution in [2.75, 3.05) is 6.54 Å². The summed E-state index contributed by atoms with van der Waals surface area (Å²) in [5.41, 5.74) is 0. The van der Waals surface area contributed by atoms with E-state index < -0.39 is 0 Å². The Morgan fingerprint density at radius 2 is 2.18 bits per heavy atom. The first-order valence-electron chi connectivity index (χ1n) is 3.62. The average Bonchev–Trinajstić information content (AvgIpc) is 2.04.